The molecule has 0 spiro atoms. The van der Waals surface area contributed by atoms with E-state index in [2.05, 4.69) is 20.1 Å². The summed E-state index contributed by atoms with van der Waals surface area (Å²) in [5.74, 6) is -0.759. The van der Waals surface area contributed by atoms with Crippen LogP contribution in [0.3, 0.4) is 0 Å². The van der Waals surface area contributed by atoms with Crippen molar-refractivity contribution in [3.05, 3.63) is 82.2 Å². The van der Waals surface area contributed by atoms with Crippen LogP contribution in [-0.2, 0) is 33.7 Å². The highest BCUT2D eigenvalue weighted by Gasteiger charge is 2.43. The van der Waals surface area contributed by atoms with Crippen molar-refractivity contribution in [2.24, 2.45) is 0 Å². The topological polar surface area (TPSA) is 135 Å². The van der Waals surface area contributed by atoms with E-state index in [4.69, 9.17) is 26.2 Å². The summed E-state index contributed by atoms with van der Waals surface area (Å²) in [6.45, 7) is 4.42. The highest BCUT2D eigenvalue weighted by Crippen LogP contribution is 2.49. The van der Waals surface area contributed by atoms with Crippen LogP contribution in [0.25, 0.3) is 6.08 Å². The average molecular weight is 634 g/mol. The number of benzene rings is 2. The van der Waals surface area contributed by atoms with Crippen molar-refractivity contribution >= 4 is 33.7 Å². The van der Waals surface area contributed by atoms with E-state index in [1.807, 2.05) is 22.8 Å². The van der Waals surface area contributed by atoms with Gasteiger partial charge in [-0.15, -0.1) is 0 Å². The molecule has 3 N–H and O–H groups in total. The highest BCUT2D eigenvalue weighted by atomic mass is 35.5. The summed E-state index contributed by atoms with van der Waals surface area (Å²) in [6.07, 6.45) is 6.86. The van der Waals surface area contributed by atoms with Gasteiger partial charge < -0.3 is 19.1 Å². The van der Waals surface area contributed by atoms with Crippen molar-refractivity contribution in [3.8, 4) is 11.5 Å². The zero-order chi connectivity index (χ0) is 30.8. The molecule has 0 amide bonds. The minimum Gasteiger partial charge on any atom is -0.478 e. The van der Waals surface area contributed by atoms with Crippen molar-refractivity contribution in [2.45, 2.75) is 44.6 Å². The first kappa shape index (κ1) is 31.0. The first-order chi connectivity index (χ1) is 20.4. The number of ether oxygens (including phenoxy) is 2. The van der Waals surface area contributed by atoms with Gasteiger partial charge in [0.25, 0.3) is 5.79 Å². The van der Waals surface area contributed by atoms with Crippen LogP contribution in [0.4, 0.5) is 4.39 Å². The number of carboxylic acids is 1. The maximum Gasteiger partial charge on any atom is 0.328 e. The first-order valence-corrected chi connectivity index (χ1v) is 16.0. The van der Waals surface area contributed by atoms with Gasteiger partial charge in [0.05, 0.1) is 30.3 Å². The SMILES string of the molecule is CC1(c2ccc(Cl)cc2F)Oc2cccc(C3CCN(Cc4ncc(/C=C/C(=O)O)n4CCNNS(C)(=O)=O)CC3)c2O1. The second-order valence-electron chi connectivity index (χ2n) is 10.7. The van der Waals surface area contributed by atoms with Crippen LogP contribution in [0.5, 0.6) is 11.5 Å². The summed E-state index contributed by atoms with van der Waals surface area (Å²) in [5.41, 5.74) is 4.55. The number of imidazole rings is 1. The van der Waals surface area contributed by atoms with E-state index in [1.54, 1.807) is 25.3 Å². The molecule has 0 aliphatic carbocycles. The van der Waals surface area contributed by atoms with E-state index in [-0.39, 0.29) is 18.0 Å². The number of hydrazine groups is 1. The number of piperidine rings is 1. The molecular formula is C29H33ClFN5O6S. The number of halogens is 2. The van der Waals surface area contributed by atoms with E-state index in [1.165, 1.54) is 12.1 Å². The van der Waals surface area contributed by atoms with Crippen LogP contribution >= 0.6 is 11.6 Å². The number of sulfonamides is 1. The summed E-state index contributed by atoms with van der Waals surface area (Å²) < 4.78 is 51.8. The number of likely N-dealkylation sites (tertiary alicyclic amines) is 1. The van der Waals surface area contributed by atoms with Crippen molar-refractivity contribution in [2.75, 3.05) is 25.9 Å². The van der Waals surface area contributed by atoms with Gasteiger partial charge in [0.15, 0.2) is 11.5 Å². The summed E-state index contributed by atoms with van der Waals surface area (Å²) >= 11 is 5.95. The number of aromatic nitrogens is 2. The molecule has 2 aliphatic rings. The van der Waals surface area contributed by atoms with Crippen LogP contribution in [0.15, 0.2) is 48.7 Å². The lowest BCUT2D eigenvalue weighted by molar-refractivity contribution is -0.131. The second-order valence-corrected chi connectivity index (χ2v) is 12.9. The Hall–Kier alpha value is -3.49. The largest absolute Gasteiger partial charge is 0.478 e. The molecule has 0 radical (unpaired) electrons. The van der Waals surface area contributed by atoms with Gasteiger partial charge >= 0.3 is 5.97 Å². The monoisotopic (exact) mass is 633 g/mol. The Balaban J connectivity index is 1.25. The summed E-state index contributed by atoms with van der Waals surface area (Å²) in [6, 6.07) is 10.2. The third kappa shape index (κ3) is 7.36. The number of nitrogens with zero attached hydrogens (tertiary/aromatic N) is 3. The van der Waals surface area contributed by atoms with Gasteiger partial charge in [-0.1, -0.05) is 23.7 Å². The van der Waals surface area contributed by atoms with E-state index >= 15 is 0 Å². The summed E-state index contributed by atoms with van der Waals surface area (Å²) in [4.78, 5) is 20.1. The van der Waals surface area contributed by atoms with Gasteiger partial charge in [-0.05, 0) is 62.2 Å². The lowest BCUT2D eigenvalue weighted by Gasteiger charge is -2.32. The smallest absolute Gasteiger partial charge is 0.328 e. The van der Waals surface area contributed by atoms with Crippen molar-refractivity contribution in [3.63, 3.8) is 0 Å². The quantitative estimate of drug-likeness (QED) is 0.163. The summed E-state index contributed by atoms with van der Waals surface area (Å²) in [7, 11) is -3.41. The minimum absolute atomic E-state index is 0.201. The average Bonchev–Trinajstić information content (AvgIpc) is 3.49. The molecular weight excluding hydrogens is 601 g/mol. The van der Waals surface area contributed by atoms with E-state index in [9.17, 15) is 17.6 Å². The molecule has 3 heterocycles. The number of rotatable bonds is 11. The number of carboxylic acid groups (broad SMARTS) is 1. The Morgan fingerprint density at radius 3 is 2.72 bits per heavy atom. The summed E-state index contributed by atoms with van der Waals surface area (Å²) in [5, 5.41) is 9.37. The van der Waals surface area contributed by atoms with E-state index in [0.29, 0.717) is 35.3 Å². The Labute approximate surface area is 254 Å². The van der Waals surface area contributed by atoms with Gasteiger partial charge in [0.1, 0.15) is 11.6 Å². The fraction of sp³-hybridized carbons (Fsp3) is 0.379. The molecule has 3 aromatic rings. The third-order valence-corrected chi connectivity index (χ3v) is 8.26. The molecule has 1 aromatic heterocycles. The molecule has 230 valence electrons. The van der Waals surface area contributed by atoms with E-state index < -0.39 is 27.6 Å². The molecule has 5 rings (SSSR count). The predicted molar refractivity (Wildman–Crippen MR) is 159 cm³/mol. The predicted octanol–water partition coefficient (Wildman–Crippen LogP) is 3.85. The fourth-order valence-corrected chi connectivity index (χ4v) is 6.02. The van der Waals surface area contributed by atoms with E-state index in [0.717, 1.165) is 49.7 Å². The van der Waals surface area contributed by atoms with Crippen LogP contribution in [0, 0.1) is 5.82 Å². The zero-order valence-electron chi connectivity index (χ0n) is 23.7. The maximum absolute atomic E-state index is 14.8. The highest BCUT2D eigenvalue weighted by molar-refractivity contribution is 7.88. The standard InChI is InChI=1S/C29H33ClFN5O6S/c1-29(23-8-6-20(30)16-24(23)31)41-25-5-3-4-22(28(25)42-29)19-10-13-35(14-11-19)18-26-32-17-21(7-9-27(37)38)36(26)15-12-33-34-43(2,39)40/h3-9,16-17,19,33-34H,10-15,18H2,1-2H3,(H,37,38)/b9-7+. The number of fused-ring (bicyclic) bond motifs is 1. The molecule has 14 heteroatoms. The van der Waals surface area contributed by atoms with Crippen LogP contribution in [0.2, 0.25) is 5.02 Å². The normalized spacial score (nSPS) is 19.3. The molecule has 1 saturated heterocycles. The van der Waals surface area contributed by atoms with Crippen LogP contribution in [0.1, 0.15) is 48.3 Å². The number of nitrogens with one attached hydrogen (secondary N) is 2. The molecule has 1 fully saturated rings. The van der Waals surface area contributed by atoms with Gasteiger partial charge in [-0.3, -0.25) is 4.90 Å². The van der Waals surface area contributed by atoms with Crippen molar-refractivity contribution in [1.82, 2.24) is 24.7 Å². The van der Waals surface area contributed by atoms with Crippen LogP contribution in [-0.4, -0.2) is 59.8 Å². The Kier molecular flexibility index (Phi) is 9.09. The number of hydrogen-bond acceptors (Lipinski definition) is 8. The first-order valence-electron chi connectivity index (χ1n) is 13.8. The van der Waals surface area contributed by atoms with Gasteiger partial charge in [0.2, 0.25) is 10.0 Å². The van der Waals surface area contributed by atoms with Crippen molar-refractivity contribution in [1.29, 1.82) is 0 Å². The Morgan fingerprint density at radius 2 is 2.02 bits per heavy atom. The Bertz CT molecular complexity index is 1640. The van der Waals surface area contributed by atoms with Crippen LogP contribution < -0.4 is 19.7 Å². The van der Waals surface area contributed by atoms with Crippen molar-refractivity contribution < 1.29 is 32.2 Å². The van der Waals surface area contributed by atoms with Gasteiger partial charge in [0, 0.05) is 36.7 Å². The molecule has 2 aliphatic heterocycles. The lowest BCUT2D eigenvalue weighted by Crippen LogP contribution is -2.39. The molecule has 0 bridgehead atoms. The van der Waals surface area contributed by atoms with Gasteiger partial charge in [-0.25, -0.2) is 28.0 Å². The maximum atomic E-state index is 14.8. The van der Waals surface area contributed by atoms with Gasteiger partial charge in [-0.2, -0.15) is 4.83 Å². The molecule has 0 saturated carbocycles. The number of aliphatic carboxylic acids is 1. The fourth-order valence-electron chi connectivity index (χ4n) is 5.49. The number of hydrogen-bond donors (Lipinski definition) is 3. The Morgan fingerprint density at radius 1 is 1.26 bits per heavy atom. The number of carbonyl (C=O) groups is 1. The minimum atomic E-state index is -3.41. The number of para-hydroxylation sites is 1. The molecule has 1 unspecified atom stereocenters. The molecule has 1 atom stereocenters. The molecule has 11 nitrogen and oxygen atoms in total. The zero-order valence-corrected chi connectivity index (χ0v) is 25.3. The molecule has 43 heavy (non-hydrogen) atoms. The second kappa shape index (κ2) is 12.6. The molecule has 2 aromatic carbocycles. The third-order valence-electron chi connectivity index (χ3n) is 7.51. The lowest BCUT2D eigenvalue weighted by atomic mass is 9.88.